The van der Waals surface area contributed by atoms with Gasteiger partial charge in [0.2, 0.25) is 0 Å². The molecule has 0 radical (unpaired) electrons. The normalized spacial score (nSPS) is 48.4. The standard InChI is InChI=1S/C32H46O12/c1-30-8-5-18(43-29-28(39)27(38)26(37)22(44-29)15-42-25(36)13-23(33)34)12-17(30)3-4-21-20(30)6-9-31(2)19(7-10-32(21,31)40)16-11-24(35)41-14-16/h11,17-22,26-29,37-40H,3-10,12-15H2,1-2H3,(H,33,34)/t17-,18+,19-,20+,21-,22-,26-,27+,28-,29-,30+,31-,32+/m1/s1. The first-order chi connectivity index (χ1) is 20.8. The minimum absolute atomic E-state index is 0.00620. The van der Waals surface area contributed by atoms with Crippen molar-refractivity contribution < 1.29 is 58.9 Å². The fraction of sp³-hybridized carbons (Fsp3) is 0.844. The smallest absolute Gasteiger partial charge is 0.331 e. The van der Waals surface area contributed by atoms with E-state index in [2.05, 4.69) is 13.8 Å². The molecule has 0 bridgehead atoms. The zero-order valence-electron chi connectivity index (χ0n) is 25.4. The number of aliphatic carboxylic acids is 1. The molecule has 1 saturated heterocycles. The van der Waals surface area contributed by atoms with Gasteiger partial charge in [-0.15, -0.1) is 0 Å². The number of aliphatic hydroxyl groups excluding tert-OH is 3. The maximum atomic E-state index is 12.4. The quantitative estimate of drug-likeness (QED) is 0.156. The molecule has 12 heteroatoms. The van der Waals surface area contributed by atoms with Gasteiger partial charge in [-0.25, -0.2) is 4.79 Å². The molecular formula is C32H46O12. The van der Waals surface area contributed by atoms with E-state index in [0.29, 0.717) is 24.9 Å². The van der Waals surface area contributed by atoms with Gasteiger partial charge >= 0.3 is 17.9 Å². The number of carbonyl (C=O) groups is 3. The van der Waals surface area contributed by atoms with E-state index >= 15 is 0 Å². The van der Waals surface area contributed by atoms with Gasteiger partial charge in [-0.2, -0.15) is 0 Å². The predicted molar refractivity (Wildman–Crippen MR) is 150 cm³/mol. The van der Waals surface area contributed by atoms with Crippen molar-refractivity contribution in [2.24, 2.45) is 34.5 Å². The Hall–Kier alpha value is -2.09. The molecule has 5 fully saturated rings. The van der Waals surface area contributed by atoms with E-state index in [4.69, 9.17) is 24.1 Å². The number of hydrogen-bond donors (Lipinski definition) is 5. The van der Waals surface area contributed by atoms with Crippen LogP contribution in [0.25, 0.3) is 0 Å². The summed E-state index contributed by atoms with van der Waals surface area (Å²) in [6.07, 6.45) is 1.04. The van der Waals surface area contributed by atoms with Gasteiger partial charge in [0.15, 0.2) is 6.29 Å². The minimum atomic E-state index is -1.60. The first-order valence-corrected chi connectivity index (χ1v) is 16.1. The number of carbonyl (C=O) groups excluding carboxylic acids is 2. The van der Waals surface area contributed by atoms with Crippen molar-refractivity contribution in [2.45, 2.75) is 120 Å². The maximum absolute atomic E-state index is 12.4. The molecule has 2 aliphatic heterocycles. The van der Waals surface area contributed by atoms with Gasteiger partial charge in [0, 0.05) is 11.5 Å². The largest absolute Gasteiger partial charge is 0.481 e. The van der Waals surface area contributed by atoms with Crippen LogP contribution in [0.3, 0.4) is 0 Å². The average Bonchev–Trinajstić information content (AvgIpc) is 3.52. The number of cyclic esters (lactones) is 1. The van der Waals surface area contributed by atoms with Crippen LogP contribution in [0.2, 0.25) is 0 Å². The van der Waals surface area contributed by atoms with Crippen LogP contribution in [0.15, 0.2) is 11.6 Å². The second-order valence-electron chi connectivity index (χ2n) is 14.6. The molecule has 0 amide bonds. The second kappa shape index (κ2) is 11.6. The summed E-state index contributed by atoms with van der Waals surface area (Å²) in [5.41, 5.74) is -0.0639. The highest BCUT2D eigenvalue weighted by molar-refractivity contribution is 5.90. The summed E-state index contributed by atoms with van der Waals surface area (Å²) in [5, 5.41) is 52.7. The van der Waals surface area contributed by atoms with Crippen LogP contribution in [-0.2, 0) is 33.3 Å². The van der Waals surface area contributed by atoms with Gasteiger partial charge < -0.3 is 44.5 Å². The molecule has 12 nitrogen and oxygen atoms in total. The van der Waals surface area contributed by atoms with Crippen molar-refractivity contribution in [3.8, 4) is 0 Å². The number of rotatable bonds is 7. The minimum Gasteiger partial charge on any atom is -0.481 e. The topological polar surface area (TPSA) is 189 Å². The van der Waals surface area contributed by atoms with Crippen LogP contribution in [0.5, 0.6) is 0 Å². The monoisotopic (exact) mass is 622 g/mol. The van der Waals surface area contributed by atoms with Gasteiger partial charge in [-0.05, 0) is 92.4 Å². The van der Waals surface area contributed by atoms with Gasteiger partial charge in [0.1, 0.15) is 44.1 Å². The number of esters is 2. The molecule has 4 saturated carbocycles. The molecule has 2 heterocycles. The van der Waals surface area contributed by atoms with E-state index in [0.717, 1.165) is 56.9 Å². The molecule has 4 aliphatic carbocycles. The molecule has 246 valence electrons. The molecule has 0 aromatic rings. The highest BCUT2D eigenvalue weighted by Gasteiger charge is 2.67. The average molecular weight is 623 g/mol. The van der Waals surface area contributed by atoms with Crippen LogP contribution in [0.4, 0.5) is 0 Å². The first-order valence-electron chi connectivity index (χ1n) is 16.1. The Kier molecular flexibility index (Phi) is 8.41. The first kappa shape index (κ1) is 31.9. The molecular weight excluding hydrogens is 576 g/mol. The summed E-state index contributed by atoms with van der Waals surface area (Å²) in [7, 11) is 0. The molecule has 0 aromatic heterocycles. The Balaban J connectivity index is 1.10. The third-order valence-corrected chi connectivity index (χ3v) is 12.6. The summed E-state index contributed by atoms with van der Waals surface area (Å²) in [6.45, 7) is 4.40. The fourth-order valence-electron chi connectivity index (χ4n) is 10.2. The summed E-state index contributed by atoms with van der Waals surface area (Å²) >= 11 is 0. The number of carboxylic acid groups (broad SMARTS) is 1. The molecule has 13 atom stereocenters. The van der Waals surface area contributed by atoms with E-state index in [-0.39, 0.29) is 34.7 Å². The van der Waals surface area contributed by atoms with Crippen molar-refractivity contribution in [3.63, 3.8) is 0 Å². The summed E-state index contributed by atoms with van der Waals surface area (Å²) < 4.78 is 22.1. The van der Waals surface area contributed by atoms with E-state index in [1.807, 2.05) is 0 Å². The van der Waals surface area contributed by atoms with Crippen molar-refractivity contribution in [1.82, 2.24) is 0 Å². The molecule has 0 unspecified atom stereocenters. The Morgan fingerprint density at radius 3 is 2.45 bits per heavy atom. The number of ether oxygens (including phenoxy) is 4. The maximum Gasteiger partial charge on any atom is 0.331 e. The molecule has 6 rings (SSSR count). The van der Waals surface area contributed by atoms with E-state index in [1.165, 1.54) is 0 Å². The Labute approximate surface area is 256 Å². The molecule has 44 heavy (non-hydrogen) atoms. The highest BCUT2D eigenvalue weighted by atomic mass is 16.7. The Morgan fingerprint density at radius 2 is 1.75 bits per heavy atom. The van der Waals surface area contributed by atoms with E-state index in [1.54, 1.807) is 6.08 Å². The van der Waals surface area contributed by atoms with Crippen LogP contribution >= 0.6 is 0 Å². The summed E-state index contributed by atoms with van der Waals surface area (Å²) in [6, 6.07) is 0. The summed E-state index contributed by atoms with van der Waals surface area (Å²) in [4.78, 5) is 34.3. The van der Waals surface area contributed by atoms with E-state index < -0.39 is 61.3 Å². The Bertz CT molecular complexity index is 1190. The van der Waals surface area contributed by atoms with Crippen molar-refractivity contribution in [2.75, 3.05) is 13.2 Å². The van der Waals surface area contributed by atoms with Crippen molar-refractivity contribution >= 4 is 17.9 Å². The molecule has 5 N–H and O–H groups in total. The lowest BCUT2D eigenvalue weighted by molar-refractivity contribution is -0.317. The van der Waals surface area contributed by atoms with Crippen molar-refractivity contribution in [1.29, 1.82) is 0 Å². The van der Waals surface area contributed by atoms with E-state index in [9.17, 15) is 34.8 Å². The van der Waals surface area contributed by atoms with Gasteiger partial charge in [-0.3, -0.25) is 9.59 Å². The zero-order valence-corrected chi connectivity index (χ0v) is 25.4. The van der Waals surface area contributed by atoms with Crippen LogP contribution in [0.1, 0.15) is 78.1 Å². The number of aliphatic hydroxyl groups is 4. The lowest BCUT2D eigenvalue weighted by atomic mass is 9.43. The van der Waals surface area contributed by atoms with Gasteiger partial charge in [0.05, 0.1) is 11.7 Å². The highest BCUT2D eigenvalue weighted by Crippen LogP contribution is 2.70. The number of hydrogen-bond acceptors (Lipinski definition) is 11. The SMILES string of the molecule is C[C@]12CC[C@H](O[C@@H]3O[C@H](COC(=O)CC(=O)O)[C@@H](O)[C@H](O)[C@H]3O)C[C@H]1CC[C@@H]1[C@@H]2CC[C@]2(C)[C@@H](C3=CC(=O)OC3)CC[C@]12O. The lowest BCUT2D eigenvalue weighted by Crippen LogP contribution is -2.63. The number of fused-ring (bicyclic) bond motifs is 5. The third kappa shape index (κ3) is 5.19. The zero-order chi connectivity index (χ0) is 31.6. The summed E-state index contributed by atoms with van der Waals surface area (Å²) in [5.74, 6) is -1.63. The molecule has 0 aromatic carbocycles. The lowest BCUT2D eigenvalue weighted by Gasteiger charge is -2.64. The van der Waals surface area contributed by atoms with Crippen LogP contribution in [-0.4, -0.2) is 99.1 Å². The second-order valence-corrected chi connectivity index (χ2v) is 14.6. The van der Waals surface area contributed by atoms with Gasteiger partial charge in [0.25, 0.3) is 0 Å². The Morgan fingerprint density at radius 1 is 0.977 bits per heavy atom. The molecule has 6 aliphatic rings. The fourth-order valence-corrected chi connectivity index (χ4v) is 10.2. The van der Waals surface area contributed by atoms with Crippen LogP contribution in [0, 0.1) is 34.5 Å². The molecule has 0 spiro atoms. The number of carboxylic acids is 1. The van der Waals surface area contributed by atoms with Gasteiger partial charge in [-0.1, -0.05) is 13.8 Å². The third-order valence-electron chi connectivity index (χ3n) is 12.6. The predicted octanol–water partition coefficient (Wildman–Crippen LogP) is 1.45. The van der Waals surface area contributed by atoms with Crippen molar-refractivity contribution in [3.05, 3.63) is 11.6 Å². The van der Waals surface area contributed by atoms with Crippen LogP contribution < -0.4 is 0 Å².